The van der Waals surface area contributed by atoms with Crippen LogP contribution >= 0.6 is 0 Å². The lowest BCUT2D eigenvalue weighted by Crippen LogP contribution is -2.11. The summed E-state index contributed by atoms with van der Waals surface area (Å²) in [5.41, 5.74) is 6.20. The minimum Gasteiger partial charge on any atom is -0.0651 e. The molecule has 0 heteroatoms. The first kappa shape index (κ1) is 13.6. The van der Waals surface area contributed by atoms with Gasteiger partial charge in [-0.2, -0.15) is 0 Å². The summed E-state index contributed by atoms with van der Waals surface area (Å²) in [5.74, 6) is 0.955. The summed E-state index contributed by atoms with van der Waals surface area (Å²) in [7, 11) is 0. The average molecular weight is 244 g/mol. The fourth-order valence-corrected chi connectivity index (χ4v) is 3.33. The van der Waals surface area contributed by atoms with Crippen LogP contribution in [-0.2, 0) is 12.8 Å². The van der Waals surface area contributed by atoms with Crippen LogP contribution < -0.4 is 0 Å². The Morgan fingerprint density at radius 3 is 2.17 bits per heavy atom. The second-order valence-electron chi connectivity index (χ2n) is 6.16. The normalized spacial score (nSPS) is 17.1. The Labute approximate surface area is 113 Å². The molecule has 0 radical (unpaired) electrons. The van der Waals surface area contributed by atoms with E-state index in [1.165, 1.54) is 62.5 Å². The second kappa shape index (κ2) is 6.41. The first-order valence-electron chi connectivity index (χ1n) is 7.79. The van der Waals surface area contributed by atoms with Gasteiger partial charge in [0.2, 0.25) is 0 Å². The van der Waals surface area contributed by atoms with Gasteiger partial charge in [-0.25, -0.2) is 0 Å². The third-order valence-electron chi connectivity index (χ3n) is 4.57. The van der Waals surface area contributed by atoms with Gasteiger partial charge < -0.3 is 0 Å². The number of rotatable bonds is 4. The van der Waals surface area contributed by atoms with Gasteiger partial charge in [-0.05, 0) is 54.9 Å². The third-order valence-corrected chi connectivity index (χ3v) is 4.57. The zero-order chi connectivity index (χ0) is 13.0. The number of hydrogen-bond acceptors (Lipinski definition) is 0. The molecule has 18 heavy (non-hydrogen) atoms. The van der Waals surface area contributed by atoms with Crippen molar-refractivity contribution in [3.8, 4) is 0 Å². The van der Waals surface area contributed by atoms with Crippen LogP contribution in [0.4, 0.5) is 0 Å². The van der Waals surface area contributed by atoms with Gasteiger partial charge in [0.15, 0.2) is 0 Å². The molecule has 0 saturated heterocycles. The molecule has 1 saturated carbocycles. The first-order valence-corrected chi connectivity index (χ1v) is 7.79. The smallest absolute Gasteiger partial charge is 0.0248 e. The van der Waals surface area contributed by atoms with E-state index in [2.05, 4.69) is 32.9 Å². The molecule has 0 nitrogen and oxygen atoms in total. The highest BCUT2D eigenvalue weighted by Gasteiger charge is 2.16. The monoisotopic (exact) mass is 244 g/mol. The molecule has 0 heterocycles. The minimum atomic E-state index is 0.955. The van der Waals surface area contributed by atoms with E-state index in [0.717, 1.165) is 5.92 Å². The molecular weight excluding hydrogens is 216 g/mol. The van der Waals surface area contributed by atoms with Gasteiger partial charge in [0.25, 0.3) is 0 Å². The fourth-order valence-electron chi connectivity index (χ4n) is 3.33. The summed E-state index contributed by atoms with van der Waals surface area (Å²) in [6.07, 6.45) is 11.1. The van der Waals surface area contributed by atoms with Crippen LogP contribution in [0, 0.1) is 19.8 Å². The Balaban J connectivity index is 2.16. The summed E-state index contributed by atoms with van der Waals surface area (Å²) in [5, 5.41) is 0. The maximum atomic E-state index is 2.47. The van der Waals surface area contributed by atoms with Gasteiger partial charge in [-0.1, -0.05) is 57.6 Å². The Hall–Kier alpha value is -0.780. The van der Waals surface area contributed by atoms with Gasteiger partial charge in [0.1, 0.15) is 0 Å². The fraction of sp³-hybridized carbons (Fsp3) is 0.667. The average Bonchev–Trinajstić information content (AvgIpc) is 2.37. The van der Waals surface area contributed by atoms with Gasteiger partial charge in [0.05, 0.1) is 0 Å². The highest BCUT2D eigenvalue weighted by Crippen LogP contribution is 2.29. The topological polar surface area (TPSA) is 0 Å². The van der Waals surface area contributed by atoms with E-state index in [1.54, 1.807) is 11.1 Å². The van der Waals surface area contributed by atoms with Crippen molar-refractivity contribution in [2.75, 3.05) is 0 Å². The van der Waals surface area contributed by atoms with Gasteiger partial charge in [-0.3, -0.25) is 0 Å². The van der Waals surface area contributed by atoms with Crippen LogP contribution in [0.15, 0.2) is 12.1 Å². The number of aryl methyl sites for hydroxylation is 3. The SMILES string of the molecule is CCCc1cc(C)c(C)cc1CC1CCCCC1. The van der Waals surface area contributed by atoms with Crippen LogP contribution in [0.25, 0.3) is 0 Å². The third kappa shape index (κ3) is 3.37. The maximum absolute atomic E-state index is 2.47. The van der Waals surface area contributed by atoms with Crippen molar-refractivity contribution in [3.63, 3.8) is 0 Å². The molecule has 1 aromatic rings. The molecule has 0 amide bonds. The lowest BCUT2D eigenvalue weighted by Gasteiger charge is -2.23. The van der Waals surface area contributed by atoms with Crippen LogP contribution in [-0.4, -0.2) is 0 Å². The molecular formula is C18H28. The van der Waals surface area contributed by atoms with Crippen molar-refractivity contribution in [2.45, 2.75) is 72.1 Å². The zero-order valence-corrected chi connectivity index (χ0v) is 12.4. The summed E-state index contributed by atoms with van der Waals surface area (Å²) < 4.78 is 0. The first-order chi connectivity index (χ1) is 8.70. The number of benzene rings is 1. The van der Waals surface area contributed by atoms with Gasteiger partial charge in [-0.15, -0.1) is 0 Å². The quantitative estimate of drug-likeness (QED) is 0.667. The summed E-state index contributed by atoms with van der Waals surface area (Å²) in [6, 6.07) is 4.91. The molecule has 100 valence electrons. The Morgan fingerprint density at radius 2 is 1.56 bits per heavy atom. The molecule has 0 aromatic heterocycles. The van der Waals surface area contributed by atoms with Crippen molar-refractivity contribution in [1.82, 2.24) is 0 Å². The zero-order valence-electron chi connectivity index (χ0n) is 12.4. The van der Waals surface area contributed by atoms with Crippen molar-refractivity contribution in [2.24, 2.45) is 5.92 Å². The van der Waals surface area contributed by atoms with E-state index in [9.17, 15) is 0 Å². The lowest BCUT2D eigenvalue weighted by molar-refractivity contribution is 0.356. The molecule has 0 bridgehead atoms. The van der Waals surface area contributed by atoms with E-state index >= 15 is 0 Å². The Bertz CT molecular complexity index is 383. The molecule has 0 spiro atoms. The number of hydrogen-bond donors (Lipinski definition) is 0. The van der Waals surface area contributed by atoms with Crippen molar-refractivity contribution < 1.29 is 0 Å². The van der Waals surface area contributed by atoms with Crippen LogP contribution in [0.5, 0.6) is 0 Å². The molecule has 1 aliphatic carbocycles. The van der Waals surface area contributed by atoms with Crippen molar-refractivity contribution in [3.05, 3.63) is 34.4 Å². The predicted molar refractivity (Wildman–Crippen MR) is 80.2 cm³/mol. The molecule has 1 aromatic carbocycles. The molecule has 0 N–H and O–H groups in total. The van der Waals surface area contributed by atoms with Gasteiger partial charge >= 0.3 is 0 Å². The van der Waals surface area contributed by atoms with E-state index in [4.69, 9.17) is 0 Å². The van der Waals surface area contributed by atoms with Crippen molar-refractivity contribution in [1.29, 1.82) is 0 Å². The van der Waals surface area contributed by atoms with E-state index in [1.807, 2.05) is 0 Å². The highest BCUT2D eigenvalue weighted by molar-refractivity contribution is 5.37. The van der Waals surface area contributed by atoms with Crippen molar-refractivity contribution >= 4 is 0 Å². The predicted octanol–water partition coefficient (Wildman–Crippen LogP) is 5.38. The standard InChI is InChI=1S/C18H28/c1-4-8-17-11-14(2)15(3)12-18(17)13-16-9-6-5-7-10-16/h11-12,16H,4-10,13H2,1-3H3. The summed E-state index contributed by atoms with van der Waals surface area (Å²) >= 11 is 0. The Morgan fingerprint density at radius 1 is 0.944 bits per heavy atom. The van der Waals surface area contributed by atoms with Crippen LogP contribution in [0.1, 0.15) is 67.7 Å². The molecule has 0 unspecified atom stereocenters. The molecule has 1 aliphatic rings. The highest BCUT2D eigenvalue weighted by atomic mass is 14.2. The van der Waals surface area contributed by atoms with E-state index < -0.39 is 0 Å². The molecule has 2 rings (SSSR count). The Kier molecular flexibility index (Phi) is 4.86. The maximum Gasteiger partial charge on any atom is -0.0248 e. The van der Waals surface area contributed by atoms with E-state index in [-0.39, 0.29) is 0 Å². The second-order valence-corrected chi connectivity index (χ2v) is 6.16. The molecule has 0 atom stereocenters. The molecule has 1 fully saturated rings. The van der Waals surface area contributed by atoms with Crippen LogP contribution in [0.3, 0.4) is 0 Å². The van der Waals surface area contributed by atoms with Gasteiger partial charge in [0, 0.05) is 0 Å². The van der Waals surface area contributed by atoms with E-state index in [0.29, 0.717) is 0 Å². The van der Waals surface area contributed by atoms with Crippen LogP contribution in [0.2, 0.25) is 0 Å². The largest absolute Gasteiger partial charge is 0.0651 e. The lowest BCUT2D eigenvalue weighted by atomic mass is 9.82. The summed E-state index contributed by atoms with van der Waals surface area (Å²) in [4.78, 5) is 0. The molecule has 0 aliphatic heterocycles. The minimum absolute atomic E-state index is 0.955. The summed E-state index contributed by atoms with van der Waals surface area (Å²) in [6.45, 7) is 6.80.